The fourth-order valence-corrected chi connectivity index (χ4v) is 1.41. The van der Waals surface area contributed by atoms with Gasteiger partial charge in [0.25, 0.3) is 0 Å². The Hall–Kier alpha value is -0.930. The number of ketones is 1. The lowest BCUT2D eigenvalue weighted by Crippen LogP contribution is -2.29. The van der Waals surface area contributed by atoms with Crippen LogP contribution in [-0.4, -0.2) is 24.8 Å². The van der Waals surface area contributed by atoms with Crippen molar-refractivity contribution in [2.75, 3.05) is 13.4 Å². The molecule has 3 nitrogen and oxygen atoms in total. The third kappa shape index (κ3) is 1.11. The van der Waals surface area contributed by atoms with Crippen LogP contribution < -0.4 is 0 Å². The number of rotatable bonds is 0. The summed E-state index contributed by atoms with van der Waals surface area (Å²) in [6.45, 7) is 2.60. The number of hydrogen-bond acceptors (Lipinski definition) is 3. The van der Waals surface area contributed by atoms with Gasteiger partial charge < -0.3 is 9.47 Å². The van der Waals surface area contributed by atoms with Crippen molar-refractivity contribution in [1.82, 2.24) is 0 Å². The Labute approximate surface area is 70.7 Å². The highest BCUT2D eigenvalue weighted by Crippen LogP contribution is 2.26. The Morgan fingerprint density at radius 1 is 1.58 bits per heavy atom. The van der Waals surface area contributed by atoms with Crippen molar-refractivity contribution in [1.29, 1.82) is 0 Å². The van der Waals surface area contributed by atoms with Crippen molar-refractivity contribution >= 4 is 5.78 Å². The molecule has 1 aliphatic carbocycles. The molecule has 0 aromatic rings. The first-order valence-corrected chi connectivity index (χ1v) is 3.87. The Kier molecular flexibility index (Phi) is 1.63. The molecule has 0 N–H and O–H groups in total. The summed E-state index contributed by atoms with van der Waals surface area (Å²) in [5.41, 5.74) is 0.265. The second kappa shape index (κ2) is 2.54. The Bertz CT molecular complexity index is 269. The number of carbonyl (C=O) groups is 1. The van der Waals surface area contributed by atoms with Gasteiger partial charge in [0.1, 0.15) is 12.4 Å². The molecule has 0 aromatic heterocycles. The van der Waals surface area contributed by atoms with E-state index >= 15 is 0 Å². The minimum Gasteiger partial charge on any atom is -0.352 e. The molecule has 64 valence electrons. The second-order valence-corrected chi connectivity index (χ2v) is 3.09. The van der Waals surface area contributed by atoms with Crippen LogP contribution in [0.3, 0.4) is 0 Å². The zero-order chi connectivity index (χ0) is 8.60. The Morgan fingerprint density at radius 3 is 3.00 bits per heavy atom. The fraction of sp³-hybridized carbons (Fsp3) is 0.444. The number of ether oxygens (including phenoxy) is 2. The maximum absolute atomic E-state index is 11.1. The summed E-state index contributed by atoms with van der Waals surface area (Å²) >= 11 is 0. The summed E-state index contributed by atoms with van der Waals surface area (Å²) < 4.78 is 10.5. The normalized spacial score (nSPS) is 34.4. The van der Waals surface area contributed by atoms with Crippen molar-refractivity contribution < 1.29 is 14.3 Å². The number of allylic oxidation sites excluding steroid dienone is 2. The lowest BCUT2D eigenvalue weighted by Gasteiger charge is -2.21. The van der Waals surface area contributed by atoms with E-state index < -0.39 is 5.60 Å². The SMILES string of the molecule is CC1=CC2(C=CC1=O)COCO2. The van der Waals surface area contributed by atoms with Crippen LogP contribution in [0.2, 0.25) is 0 Å². The smallest absolute Gasteiger partial charge is 0.181 e. The molecule has 1 atom stereocenters. The van der Waals surface area contributed by atoms with E-state index in [0.29, 0.717) is 13.4 Å². The lowest BCUT2D eigenvalue weighted by molar-refractivity contribution is -0.111. The Balaban J connectivity index is 2.30. The summed E-state index contributed by atoms with van der Waals surface area (Å²) in [6.07, 6.45) is 5.13. The van der Waals surface area contributed by atoms with Crippen molar-refractivity contribution in [2.24, 2.45) is 0 Å². The van der Waals surface area contributed by atoms with E-state index in [1.807, 2.05) is 6.08 Å². The predicted octanol–water partition coefficient (Wildman–Crippen LogP) is 0.815. The van der Waals surface area contributed by atoms with Crippen LogP contribution in [0, 0.1) is 0 Å². The summed E-state index contributed by atoms with van der Waals surface area (Å²) in [4.78, 5) is 11.1. The molecule has 3 heteroatoms. The fourth-order valence-electron chi connectivity index (χ4n) is 1.41. The van der Waals surface area contributed by atoms with Crippen LogP contribution in [0.5, 0.6) is 0 Å². The molecule has 1 saturated heterocycles. The molecule has 2 aliphatic rings. The molecule has 0 aromatic carbocycles. The van der Waals surface area contributed by atoms with Gasteiger partial charge in [0, 0.05) is 0 Å². The molecule has 1 fully saturated rings. The highest BCUT2D eigenvalue weighted by molar-refractivity contribution is 6.04. The average molecular weight is 166 g/mol. The van der Waals surface area contributed by atoms with E-state index in [9.17, 15) is 4.79 Å². The topological polar surface area (TPSA) is 35.5 Å². The maximum Gasteiger partial charge on any atom is 0.181 e. The van der Waals surface area contributed by atoms with Crippen LogP contribution >= 0.6 is 0 Å². The van der Waals surface area contributed by atoms with Gasteiger partial charge in [-0.15, -0.1) is 0 Å². The molecule has 2 rings (SSSR count). The largest absolute Gasteiger partial charge is 0.352 e. The highest BCUT2D eigenvalue weighted by atomic mass is 16.7. The average Bonchev–Trinajstić information content (AvgIpc) is 2.47. The molecular formula is C9H10O3. The van der Waals surface area contributed by atoms with Crippen molar-refractivity contribution in [3.8, 4) is 0 Å². The first-order chi connectivity index (χ1) is 5.72. The number of hydrogen-bond donors (Lipinski definition) is 0. The van der Waals surface area contributed by atoms with E-state index in [-0.39, 0.29) is 5.78 Å². The quantitative estimate of drug-likeness (QED) is 0.534. The molecule has 0 bridgehead atoms. The summed E-state index contributed by atoms with van der Waals surface area (Å²) in [5, 5.41) is 0. The van der Waals surface area contributed by atoms with Crippen LogP contribution in [0.4, 0.5) is 0 Å². The molecule has 12 heavy (non-hydrogen) atoms. The maximum atomic E-state index is 11.1. The van der Waals surface area contributed by atoms with Gasteiger partial charge >= 0.3 is 0 Å². The van der Waals surface area contributed by atoms with Gasteiger partial charge in [0.15, 0.2) is 5.78 Å². The summed E-state index contributed by atoms with van der Waals surface area (Å²) in [5.74, 6) is 0.0520. The van der Waals surface area contributed by atoms with Crippen LogP contribution in [0.15, 0.2) is 23.8 Å². The van der Waals surface area contributed by atoms with E-state index in [2.05, 4.69) is 0 Å². The standard InChI is InChI=1S/C9H10O3/c1-7-4-9(3-2-8(7)10)5-11-6-12-9/h2-4H,5-6H2,1H3. The van der Waals surface area contributed by atoms with E-state index in [1.165, 1.54) is 0 Å². The second-order valence-electron chi connectivity index (χ2n) is 3.09. The van der Waals surface area contributed by atoms with Crippen molar-refractivity contribution in [3.63, 3.8) is 0 Å². The third-order valence-electron chi connectivity index (χ3n) is 2.10. The minimum atomic E-state index is -0.460. The first kappa shape index (κ1) is 7.71. The third-order valence-corrected chi connectivity index (χ3v) is 2.10. The van der Waals surface area contributed by atoms with Gasteiger partial charge in [-0.2, -0.15) is 0 Å². The Morgan fingerprint density at radius 2 is 2.42 bits per heavy atom. The monoisotopic (exact) mass is 166 g/mol. The van der Waals surface area contributed by atoms with Gasteiger partial charge in [0.2, 0.25) is 0 Å². The van der Waals surface area contributed by atoms with Gasteiger partial charge in [-0.3, -0.25) is 4.79 Å². The molecule has 1 unspecified atom stereocenters. The van der Waals surface area contributed by atoms with Crippen LogP contribution in [0.1, 0.15) is 6.92 Å². The molecule has 1 heterocycles. The zero-order valence-corrected chi connectivity index (χ0v) is 6.87. The van der Waals surface area contributed by atoms with Crippen molar-refractivity contribution in [2.45, 2.75) is 12.5 Å². The van der Waals surface area contributed by atoms with Gasteiger partial charge in [-0.05, 0) is 30.7 Å². The summed E-state index contributed by atoms with van der Waals surface area (Å²) in [7, 11) is 0. The van der Waals surface area contributed by atoms with Gasteiger partial charge in [-0.1, -0.05) is 0 Å². The predicted molar refractivity (Wildman–Crippen MR) is 42.5 cm³/mol. The van der Waals surface area contributed by atoms with E-state index in [4.69, 9.17) is 9.47 Å². The molecule has 0 radical (unpaired) electrons. The highest BCUT2D eigenvalue weighted by Gasteiger charge is 2.34. The first-order valence-electron chi connectivity index (χ1n) is 3.87. The van der Waals surface area contributed by atoms with Crippen LogP contribution in [-0.2, 0) is 14.3 Å². The molecule has 0 saturated carbocycles. The molecule has 0 amide bonds. The molecule has 1 spiro atoms. The zero-order valence-electron chi connectivity index (χ0n) is 6.87. The van der Waals surface area contributed by atoms with Gasteiger partial charge in [-0.25, -0.2) is 0 Å². The number of carbonyl (C=O) groups excluding carboxylic acids is 1. The van der Waals surface area contributed by atoms with Crippen molar-refractivity contribution in [3.05, 3.63) is 23.8 Å². The molecule has 1 aliphatic heterocycles. The van der Waals surface area contributed by atoms with E-state index in [0.717, 1.165) is 5.57 Å². The van der Waals surface area contributed by atoms with E-state index in [1.54, 1.807) is 19.1 Å². The molecular weight excluding hydrogens is 156 g/mol. The van der Waals surface area contributed by atoms with Gasteiger partial charge in [0.05, 0.1) is 6.61 Å². The lowest BCUT2D eigenvalue weighted by atomic mass is 9.94. The minimum absolute atomic E-state index is 0.0520. The summed E-state index contributed by atoms with van der Waals surface area (Å²) in [6, 6.07) is 0. The van der Waals surface area contributed by atoms with Crippen LogP contribution in [0.25, 0.3) is 0 Å².